The molecule has 0 aromatic rings. The zero-order chi connectivity index (χ0) is 23.5. The number of hydrogen-bond donors (Lipinski definition) is 0. The molecule has 1 heteroatoms. The summed E-state index contributed by atoms with van der Waals surface area (Å²) in [7, 11) is 0. The van der Waals surface area contributed by atoms with Gasteiger partial charge in [0.15, 0.2) is 0 Å². The zero-order valence-corrected chi connectivity index (χ0v) is 22.9. The molecule has 5 rings (SSSR count). The second kappa shape index (κ2) is 6.78. The van der Waals surface area contributed by atoms with Gasteiger partial charge >= 0.3 is 0 Å². The second-order valence-corrected chi connectivity index (χ2v) is 16.2. The lowest BCUT2D eigenvalue weighted by atomic mass is 9.31. The Bertz CT molecular complexity index is 766. The van der Waals surface area contributed by atoms with Crippen LogP contribution in [0.5, 0.6) is 0 Å². The summed E-state index contributed by atoms with van der Waals surface area (Å²) in [6.45, 7) is 22.8. The molecule has 0 aromatic carbocycles. The van der Waals surface area contributed by atoms with Crippen molar-refractivity contribution in [1.82, 2.24) is 0 Å². The van der Waals surface area contributed by atoms with Gasteiger partial charge in [0.05, 0.1) is 0 Å². The molecule has 0 aromatic heterocycles. The summed E-state index contributed by atoms with van der Waals surface area (Å²) >= 11 is 0. The first kappa shape index (κ1) is 23.7. The summed E-state index contributed by atoms with van der Waals surface area (Å²) in [5, 5.41) is 0. The van der Waals surface area contributed by atoms with Gasteiger partial charge in [-0.25, -0.2) is 4.39 Å². The average Bonchev–Trinajstić information content (AvgIpc) is 2.68. The van der Waals surface area contributed by atoms with Gasteiger partial charge < -0.3 is 0 Å². The SMILES string of the molecule is CC1CC[C@]2(C)C3C(F)CC4[C@@H]5CC(C)(C)CC[C@]5(C)CC[C@@]4(C)[C@]3(C)CC[C@H]2C1(C)C. The predicted molar refractivity (Wildman–Crippen MR) is 134 cm³/mol. The van der Waals surface area contributed by atoms with E-state index in [-0.39, 0.29) is 16.7 Å². The van der Waals surface area contributed by atoms with Crippen LogP contribution in [-0.2, 0) is 0 Å². The van der Waals surface area contributed by atoms with Crippen LogP contribution in [0, 0.1) is 62.1 Å². The Labute approximate surface area is 199 Å². The molecular weight excluding hydrogens is 391 g/mol. The molecule has 5 aliphatic rings. The van der Waals surface area contributed by atoms with Gasteiger partial charge in [0.2, 0.25) is 0 Å². The van der Waals surface area contributed by atoms with Crippen molar-refractivity contribution in [1.29, 1.82) is 0 Å². The van der Waals surface area contributed by atoms with E-state index in [0.717, 1.165) is 18.3 Å². The molecular formula is C31H53F. The maximum atomic E-state index is 16.7. The minimum absolute atomic E-state index is 0.153. The summed E-state index contributed by atoms with van der Waals surface area (Å²) in [6, 6.07) is 0. The first-order valence-corrected chi connectivity index (χ1v) is 14.2. The molecule has 0 saturated heterocycles. The molecule has 0 nitrogen and oxygen atoms in total. The van der Waals surface area contributed by atoms with Gasteiger partial charge in [-0.3, -0.25) is 0 Å². The molecule has 32 heavy (non-hydrogen) atoms. The molecule has 0 spiro atoms. The smallest absolute Gasteiger partial charge is 0.104 e. The average molecular weight is 445 g/mol. The number of alkyl halides is 1. The summed E-state index contributed by atoms with van der Waals surface area (Å²) in [4.78, 5) is 0. The molecule has 5 fully saturated rings. The lowest BCUT2D eigenvalue weighted by Gasteiger charge is -2.74. The van der Waals surface area contributed by atoms with Crippen molar-refractivity contribution in [2.24, 2.45) is 62.1 Å². The maximum absolute atomic E-state index is 16.7. The zero-order valence-electron chi connectivity index (χ0n) is 22.9. The fraction of sp³-hybridized carbons (Fsp3) is 1.00. The van der Waals surface area contributed by atoms with Crippen molar-refractivity contribution < 1.29 is 4.39 Å². The van der Waals surface area contributed by atoms with Gasteiger partial charge in [0.1, 0.15) is 6.17 Å². The number of rotatable bonds is 0. The van der Waals surface area contributed by atoms with E-state index < -0.39 is 6.17 Å². The van der Waals surface area contributed by atoms with Crippen LogP contribution in [0.2, 0.25) is 0 Å². The van der Waals surface area contributed by atoms with Crippen molar-refractivity contribution >= 4 is 0 Å². The summed E-state index contributed by atoms with van der Waals surface area (Å²) in [5.74, 6) is 2.98. The van der Waals surface area contributed by atoms with Crippen LogP contribution in [-0.4, -0.2) is 6.17 Å². The number of hydrogen-bond acceptors (Lipinski definition) is 0. The first-order chi connectivity index (χ1) is 14.6. The Morgan fingerprint density at radius 3 is 2.03 bits per heavy atom. The summed E-state index contributed by atoms with van der Waals surface area (Å²) in [5.41, 5.74) is 1.84. The molecule has 10 atom stereocenters. The van der Waals surface area contributed by atoms with Crippen molar-refractivity contribution in [3.63, 3.8) is 0 Å². The molecule has 0 N–H and O–H groups in total. The van der Waals surface area contributed by atoms with Crippen LogP contribution in [0.1, 0.15) is 127 Å². The van der Waals surface area contributed by atoms with E-state index in [4.69, 9.17) is 0 Å². The lowest BCUT2D eigenvalue weighted by Crippen LogP contribution is -2.69. The Morgan fingerprint density at radius 2 is 1.34 bits per heavy atom. The minimum Gasteiger partial charge on any atom is -0.247 e. The number of halogens is 1. The second-order valence-electron chi connectivity index (χ2n) is 16.2. The third-order valence-electron chi connectivity index (χ3n) is 14.1. The highest BCUT2D eigenvalue weighted by molar-refractivity contribution is 5.20. The molecule has 4 unspecified atom stereocenters. The van der Waals surface area contributed by atoms with Crippen molar-refractivity contribution in [2.45, 2.75) is 133 Å². The highest BCUT2D eigenvalue weighted by atomic mass is 19.1. The van der Waals surface area contributed by atoms with E-state index in [1.165, 1.54) is 57.8 Å². The van der Waals surface area contributed by atoms with Crippen LogP contribution < -0.4 is 0 Å². The summed E-state index contributed by atoms with van der Waals surface area (Å²) in [6.07, 6.45) is 12.1. The van der Waals surface area contributed by atoms with Gasteiger partial charge in [-0.1, -0.05) is 62.3 Å². The van der Waals surface area contributed by atoms with Gasteiger partial charge in [0, 0.05) is 5.92 Å². The van der Waals surface area contributed by atoms with Crippen LogP contribution in [0.4, 0.5) is 4.39 Å². The Hall–Kier alpha value is -0.0700. The number of fused-ring (bicyclic) bond motifs is 7. The van der Waals surface area contributed by atoms with E-state index in [1.807, 2.05) is 0 Å². The fourth-order valence-electron chi connectivity index (χ4n) is 11.5. The topological polar surface area (TPSA) is 0 Å². The van der Waals surface area contributed by atoms with Gasteiger partial charge in [-0.15, -0.1) is 0 Å². The quantitative estimate of drug-likeness (QED) is 0.349. The van der Waals surface area contributed by atoms with Crippen molar-refractivity contribution in [2.75, 3.05) is 0 Å². The van der Waals surface area contributed by atoms with Crippen molar-refractivity contribution in [3.05, 3.63) is 0 Å². The normalized spacial score (nSPS) is 58.7. The van der Waals surface area contributed by atoms with Crippen LogP contribution >= 0.6 is 0 Å². The maximum Gasteiger partial charge on any atom is 0.104 e. The lowest BCUT2D eigenvalue weighted by molar-refractivity contribution is -0.267. The molecule has 5 aliphatic carbocycles. The van der Waals surface area contributed by atoms with E-state index >= 15 is 4.39 Å². The molecule has 0 bridgehead atoms. The van der Waals surface area contributed by atoms with Gasteiger partial charge in [0.25, 0.3) is 0 Å². The molecule has 184 valence electrons. The van der Waals surface area contributed by atoms with E-state index in [2.05, 4.69) is 62.3 Å². The van der Waals surface area contributed by atoms with Crippen molar-refractivity contribution in [3.8, 4) is 0 Å². The van der Waals surface area contributed by atoms with Gasteiger partial charge in [-0.2, -0.15) is 0 Å². The largest absolute Gasteiger partial charge is 0.247 e. The molecule has 0 radical (unpaired) electrons. The predicted octanol–water partition coefficient (Wildman–Crippen LogP) is 9.47. The minimum atomic E-state index is -0.609. The third-order valence-corrected chi connectivity index (χ3v) is 14.1. The third kappa shape index (κ3) is 2.84. The Kier molecular flexibility index (Phi) is 5.01. The van der Waals surface area contributed by atoms with E-state index in [9.17, 15) is 0 Å². The summed E-state index contributed by atoms with van der Waals surface area (Å²) < 4.78 is 16.7. The van der Waals surface area contributed by atoms with Crippen LogP contribution in [0.25, 0.3) is 0 Å². The first-order valence-electron chi connectivity index (χ1n) is 14.2. The highest BCUT2D eigenvalue weighted by Crippen LogP contribution is 2.77. The highest BCUT2D eigenvalue weighted by Gasteiger charge is 2.71. The van der Waals surface area contributed by atoms with Crippen LogP contribution in [0.15, 0.2) is 0 Å². The van der Waals surface area contributed by atoms with E-state index in [1.54, 1.807) is 0 Å². The van der Waals surface area contributed by atoms with Gasteiger partial charge in [-0.05, 0) is 120 Å². The molecule has 0 aliphatic heterocycles. The molecule has 0 amide bonds. The monoisotopic (exact) mass is 444 g/mol. The molecule has 0 heterocycles. The fourth-order valence-corrected chi connectivity index (χ4v) is 11.5. The molecule has 5 saturated carbocycles. The van der Waals surface area contributed by atoms with Crippen LogP contribution in [0.3, 0.4) is 0 Å². The Balaban J connectivity index is 1.56. The van der Waals surface area contributed by atoms with E-state index in [0.29, 0.717) is 33.5 Å². The Morgan fingerprint density at radius 1 is 0.688 bits per heavy atom. The standard InChI is InChI=1S/C31H53F/c1-20-10-12-29(7)24(27(20,4)5)11-13-31(9)25(29)23(32)18-21-22-19-26(2,3)14-15-28(22,6)16-17-30(21,31)8/h20-25H,10-19H2,1-9H3/t20?,21?,22-,23?,24-,25?,28+,29-,30+,31+/m0/s1.